The zero-order valence-electron chi connectivity index (χ0n) is 18.9. The number of carbonyl (C=O) groups is 1. The van der Waals surface area contributed by atoms with E-state index in [1.807, 2.05) is 17.0 Å². The van der Waals surface area contributed by atoms with Crippen LogP contribution >= 0.6 is 11.3 Å². The van der Waals surface area contributed by atoms with Crippen LogP contribution in [0.3, 0.4) is 0 Å². The number of nitrogens with zero attached hydrogens (tertiary/aromatic N) is 4. The first-order valence-electron chi connectivity index (χ1n) is 11.6. The van der Waals surface area contributed by atoms with Crippen LogP contribution in [0.1, 0.15) is 29.0 Å². The van der Waals surface area contributed by atoms with Crippen molar-refractivity contribution >= 4 is 33.8 Å². The summed E-state index contributed by atoms with van der Waals surface area (Å²) in [7, 11) is 0. The SMILES string of the molecule is O=C(Nc1nc2c(s1)CN(Cc1ccccc1)CC2)C1CCN(c2ccccc2[N+](=O)[O-])CC1. The Labute approximate surface area is 202 Å². The van der Waals surface area contributed by atoms with Crippen molar-refractivity contribution in [3.8, 4) is 0 Å². The monoisotopic (exact) mass is 477 g/mol. The third-order valence-electron chi connectivity index (χ3n) is 6.57. The molecule has 176 valence electrons. The van der Waals surface area contributed by atoms with E-state index in [1.165, 1.54) is 16.5 Å². The molecule has 2 aromatic carbocycles. The van der Waals surface area contributed by atoms with Gasteiger partial charge in [-0.05, 0) is 24.5 Å². The van der Waals surface area contributed by atoms with Gasteiger partial charge in [0.2, 0.25) is 5.91 Å². The number of hydrogen-bond donors (Lipinski definition) is 1. The van der Waals surface area contributed by atoms with Gasteiger partial charge in [0.1, 0.15) is 5.69 Å². The van der Waals surface area contributed by atoms with Gasteiger partial charge in [-0.3, -0.25) is 19.8 Å². The number of hydrogen-bond acceptors (Lipinski definition) is 7. The van der Waals surface area contributed by atoms with E-state index in [4.69, 9.17) is 4.98 Å². The molecule has 1 fully saturated rings. The van der Waals surface area contributed by atoms with Crippen molar-refractivity contribution in [3.63, 3.8) is 0 Å². The van der Waals surface area contributed by atoms with Crippen LogP contribution in [0.2, 0.25) is 0 Å². The van der Waals surface area contributed by atoms with E-state index in [0.29, 0.717) is 36.8 Å². The minimum absolute atomic E-state index is 0.00514. The third kappa shape index (κ3) is 4.95. The summed E-state index contributed by atoms with van der Waals surface area (Å²) in [6.45, 7) is 3.96. The zero-order valence-corrected chi connectivity index (χ0v) is 19.7. The summed E-state index contributed by atoms with van der Waals surface area (Å²) in [5.41, 5.74) is 3.13. The number of amides is 1. The molecule has 1 aromatic heterocycles. The second-order valence-corrected chi connectivity index (χ2v) is 9.92. The van der Waals surface area contributed by atoms with Gasteiger partial charge in [0.15, 0.2) is 5.13 Å². The molecule has 34 heavy (non-hydrogen) atoms. The molecule has 1 N–H and O–H groups in total. The summed E-state index contributed by atoms with van der Waals surface area (Å²) in [6, 6.07) is 17.3. The Morgan fingerprint density at radius 2 is 1.82 bits per heavy atom. The van der Waals surface area contributed by atoms with E-state index in [-0.39, 0.29) is 22.4 Å². The summed E-state index contributed by atoms with van der Waals surface area (Å²) in [5, 5.41) is 15.1. The van der Waals surface area contributed by atoms with Gasteiger partial charge in [-0.2, -0.15) is 0 Å². The Hall–Kier alpha value is -3.30. The maximum atomic E-state index is 12.9. The van der Waals surface area contributed by atoms with E-state index >= 15 is 0 Å². The molecule has 0 saturated carbocycles. The number of nitro groups is 1. The Kier molecular flexibility index (Phi) is 6.55. The van der Waals surface area contributed by atoms with Gasteiger partial charge in [0, 0.05) is 56.0 Å². The number of para-hydroxylation sites is 2. The van der Waals surface area contributed by atoms with E-state index < -0.39 is 0 Å². The first-order valence-corrected chi connectivity index (χ1v) is 12.4. The van der Waals surface area contributed by atoms with Gasteiger partial charge >= 0.3 is 0 Å². The van der Waals surface area contributed by atoms with Gasteiger partial charge in [-0.15, -0.1) is 11.3 Å². The summed E-state index contributed by atoms with van der Waals surface area (Å²) >= 11 is 1.57. The molecule has 0 atom stereocenters. The highest BCUT2D eigenvalue weighted by Gasteiger charge is 2.29. The van der Waals surface area contributed by atoms with Gasteiger partial charge in [-0.25, -0.2) is 4.98 Å². The molecule has 8 nitrogen and oxygen atoms in total. The Bertz CT molecular complexity index is 1170. The second kappa shape index (κ2) is 9.90. The molecule has 1 saturated heterocycles. The van der Waals surface area contributed by atoms with Crippen LogP contribution in [0.25, 0.3) is 0 Å². The molecule has 0 unspecified atom stereocenters. The fourth-order valence-electron chi connectivity index (χ4n) is 4.75. The molecule has 5 rings (SSSR count). The predicted octanol–water partition coefficient (Wildman–Crippen LogP) is 4.46. The van der Waals surface area contributed by atoms with Crippen molar-refractivity contribution in [2.75, 3.05) is 29.9 Å². The first kappa shape index (κ1) is 22.5. The van der Waals surface area contributed by atoms with Crippen LogP contribution in [-0.2, 0) is 24.3 Å². The molecule has 0 aliphatic carbocycles. The first-order chi connectivity index (χ1) is 16.6. The average Bonchev–Trinajstić information content (AvgIpc) is 3.26. The number of rotatable bonds is 6. The van der Waals surface area contributed by atoms with Gasteiger partial charge < -0.3 is 10.2 Å². The molecule has 3 aromatic rings. The molecule has 1 amide bonds. The van der Waals surface area contributed by atoms with Crippen LogP contribution in [0, 0.1) is 16.0 Å². The number of piperidine rings is 1. The van der Waals surface area contributed by atoms with Crippen molar-refractivity contribution in [1.29, 1.82) is 0 Å². The Morgan fingerprint density at radius 1 is 1.09 bits per heavy atom. The fraction of sp³-hybridized carbons (Fsp3) is 0.360. The number of thiazole rings is 1. The van der Waals surface area contributed by atoms with Crippen LogP contribution in [-0.4, -0.2) is 40.3 Å². The number of benzene rings is 2. The molecule has 0 spiro atoms. The summed E-state index contributed by atoms with van der Waals surface area (Å²) < 4.78 is 0. The summed E-state index contributed by atoms with van der Waals surface area (Å²) in [4.78, 5) is 34.3. The molecule has 0 bridgehead atoms. The molecular weight excluding hydrogens is 450 g/mol. The van der Waals surface area contributed by atoms with Crippen LogP contribution in [0.4, 0.5) is 16.5 Å². The largest absolute Gasteiger partial charge is 0.366 e. The summed E-state index contributed by atoms with van der Waals surface area (Å²) in [6.07, 6.45) is 2.21. The van der Waals surface area contributed by atoms with Crippen LogP contribution in [0.15, 0.2) is 54.6 Å². The normalized spacial score (nSPS) is 16.8. The predicted molar refractivity (Wildman–Crippen MR) is 133 cm³/mol. The number of anilines is 2. The lowest BCUT2D eigenvalue weighted by molar-refractivity contribution is -0.384. The minimum Gasteiger partial charge on any atom is -0.366 e. The standard InChI is InChI=1S/C25H27N5O3S/c31-24(19-10-14-29(15-11-19)21-8-4-5-9-22(21)30(32)33)27-25-26-20-12-13-28(17-23(20)34-25)16-18-6-2-1-3-7-18/h1-9,19H,10-17H2,(H,26,27,31). The average molecular weight is 478 g/mol. The van der Waals surface area contributed by atoms with Crippen molar-refractivity contribution in [3.05, 3.63) is 80.8 Å². The summed E-state index contributed by atoms with van der Waals surface area (Å²) in [5.74, 6) is -0.121. The molecule has 2 aliphatic rings. The van der Waals surface area contributed by atoms with Crippen molar-refractivity contribution < 1.29 is 9.72 Å². The van der Waals surface area contributed by atoms with Crippen molar-refractivity contribution in [2.45, 2.75) is 32.4 Å². The van der Waals surface area contributed by atoms with Gasteiger partial charge in [0.25, 0.3) is 5.69 Å². The van der Waals surface area contributed by atoms with E-state index in [9.17, 15) is 14.9 Å². The molecule has 3 heterocycles. The number of carbonyl (C=O) groups excluding carboxylic acids is 1. The number of aromatic nitrogens is 1. The lowest BCUT2D eigenvalue weighted by Crippen LogP contribution is -2.38. The van der Waals surface area contributed by atoms with E-state index in [0.717, 1.165) is 31.7 Å². The molecular formula is C25H27N5O3S. The smallest absolute Gasteiger partial charge is 0.292 e. The van der Waals surface area contributed by atoms with Crippen molar-refractivity contribution in [1.82, 2.24) is 9.88 Å². The third-order valence-corrected chi connectivity index (χ3v) is 7.57. The van der Waals surface area contributed by atoms with Gasteiger partial charge in [0.05, 0.1) is 10.6 Å². The topological polar surface area (TPSA) is 91.6 Å². The Balaban J connectivity index is 1.16. The minimum atomic E-state index is -0.348. The van der Waals surface area contributed by atoms with Crippen molar-refractivity contribution in [2.24, 2.45) is 5.92 Å². The van der Waals surface area contributed by atoms with E-state index in [1.54, 1.807) is 23.5 Å². The lowest BCUT2D eigenvalue weighted by Gasteiger charge is -2.32. The fourth-order valence-corrected chi connectivity index (χ4v) is 5.81. The molecule has 2 aliphatic heterocycles. The lowest BCUT2D eigenvalue weighted by atomic mass is 9.95. The number of fused-ring (bicyclic) bond motifs is 1. The number of nitrogens with one attached hydrogen (secondary N) is 1. The molecule has 0 radical (unpaired) electrons. The highest BCUT2D eigenvalue weighted by molar-refractivity contribution is 7.15. The quantitative estimate of drug-likeness (QED) is 0.416. The highest BCUT2D eigenvalue weighted by Crippen LogP contribution is 2.33. The highest BCUT2D eigenvalue weighted by atomic mass is 32.1. The maximum Gasteiger partial charge on any atom is 0.292 e. The van der Waals surface area contributed by atoms with E-state index in [2.05, 4.69) is 34.5 Å². The second-order valence-electron chi connectivity index (χ2n) is 8.83. The molecule has 9 heteroatoms. The van der Waals surface area contributed by atoms with Gasteiger partial charge in [-0.1, -0.05) is 42.5 Å². The maximum absolute atomic E-state index is 12.9. The van der Waals surface area contributed by atoms with Crippen LogP contribution in [0.5, 0.6) is 0 Å². The zero-order chi connectivity index (χ0) is 23.5. The van der Waals surface area contributed by atoms with Crippen LogP contribution < -0.4 is 10.2 Å². The Morgan fingerprint density at radius 3 is 2.59 bits per heavy atom. The number of nitro benzene ring substituents is 1.